The molecule has 0 aliphatic rings. The van der Waals surface area contributed by atoms with Crippen LogP contribution in [0.4, 0.5) is 4.39 Å². The number of halogens is 1. The van der Waals surface area contributed by atoms with E-state index in [0.29, 0.717) is 6.42 Å². The molecule has 1 unspecified atom stereocenters. The third-order valence-electron chi connectivity index (χ3n) is 8.27. The molecule has 0 aromatic rings. The lowest BCUT2D eigenvalue weighted by Crippen LogP contribution is -2.42. The lowest BCUT2D eigenvalue weighted by atomic mass is 10.0. The highest BCUT2D eigenvalue weighted by atomic mass is 28.4. The van der Waals surface area contributed by atoms with Gasteiger partial charge in [-0.3, -0.25) is 0 Å². The topological polar surface area (TPSA) is 9.23 Å². The van der Waals surface area contributed by atoms with Gasteiger partial charge in [-0.15, -0.1) is 0 Å². The molecule has 0 spiro atoms. The molecule has 37 heavy (non-hydrogen) atoms. The molecule has 1 nitrogen and oxygen atoms in total. The third kappa shape index (κ3) is 27.5. The molecule has 3 heteroatoms. The van der Waals surface area contributed by atoms with Crippen LogP contribution in [0.1, 0.15) is 194 Å². The number of hydrogen-bond acceptors (Lipinski definition) is 1. The Morgan fingerprint density at radius 2 is 0.703 bits per heavy atom. The van der Waals surface area contributed by atoms with E-state index in [2.05, 4.69) is 13.8 Å². The summed E-state index contributed by atoms with van der Waals surface area (Å²) in [4.78, 5) is 0. The minimum Gasteiger partial charge on any atom is -0.414 e. The van der Waals surface area contributed by atoms with Gasteiger partial charge in [0, 0.05) is 6.61 Å². The summed E-state index contributed by atoms with van der Waals surface area (Å²) in [5, 5.41) is 0. The van der Waals surface area contributed by atoms with Gasteiger partial charge in [0.05, 0.1) is 0 Å². The lowest BCUT2D eigenvalue weighted by molar-refractivity contribution is 0.253. The molecular weight excluding hydrogens is 471 g/mol. The van der Waals surface area contributed by atoms with E-state index < -0.39 is 14.1 Å². The SMILES string of the molecule is CCCCCCCCCCCCCCCCCCCCCCCCCCCCO[Si](C)(C)C(F)CCC. The second-order valence-electron chi connectivity index (χ2n) is 12.5. The molecule has 0 aromatic heterocycles. The maximum atomic E-state index is 14.1. The standard InChI is InChI=1S/C34H71FOSi/c1-5-7-8-9-10-11-12-13-14-15-16-17-18-19-20-21-22-23-24-25-26-27-28-29-30-31-33-36-37(3,4)34(35)32-6-2/h34H,5-33H2,1-4H3. The highest BCUT2D eigenvalue weighted by Crippen LogP contribution is 2.20. The summed E-state index contributed by atoms with van der Waals surface area (Å²) in [6.45, 7) is 9.19. The first-order chi connectivity index (χ1) is 18.0. The summed E-state index contributed by atoms with van der Waals surface area (Å²) in [5.74, 6) is -0.707. The first-order valence-corrected chi connectivity index (χ1v) is 20.3. The van der Waals surface area contributed by atoms with Crippen LogP contribution in [0.15, 0.2) is 0 Å². The molecule has 0 fully saturated rings. The molecule has 1 atom stereocenters. The van der Waals surface area contributed by atoms with Crippen molar-refractivity contribution in [3.8, 4) is 0 Å². The molecule has 224 valence electrons. The summed E-state index contributed by atoms with van der Waals surface area (Å²) in [5.41, 5.74) is 0. The van der Waals surface area contributed by atoms with Crippen molar-refractivity contribution >= 4 is 8.32 Å². The van der Waals surface area contributed by atoms with Crippen molar-refractivity contribution in [2.24, 2.45) is 0 Å². The van der Waals surface area contributed by atoms with Gasteiger partial charge >= 0.3 is 0 Å². The van der Waals surface area contributed by atoms with Crippen LogP contribution >= 0.6 is 0 Å². The molecule has 0 radical (unpaired) electrons. The number of alkyl halides is 1. The smallest absolute Gasteiger partial charge is 0.221 e. The normalized spacial score (nSPS) is 12.9. The Kier molecular flexibility index (Phi) is 29.2. The molecule has 0 saturated heterocycles. The Morgan fingerprint density at radius 3 is 0.973 bits per heavy atom. The maximum Gasteiger partial charge on any atom is 0.221 e. The molecule has 0 heterocycles. The van der Waals surface area contributed by atoms with Crippen LogP contribution in [0.3, 0.4) is 0 Å². The molecule has 0 aliphatic carbocycles. The third-order valence-corrected chi connectivity index (χ3v) is 11.0. The minimum absolute atomic E-state index is 0.665. The van der Waals surface area contributed by atoms with E-state index in [1.54, 1.807) is 0 Å². The van der Waals surface area contributed by atoms with Crippen molar-refractivity contribution < 1.29 is 8.82 Å². The van der Waals surface area contributed by atoms with Crippen molar-refractivity contribution in [1.29, 1.82) is 0 Å². The maximum absolute atomic E-state index is 14.1. The molecule has 0 N–H and O–H groups in total. The molecule has 0 amide bonds. The second kappa shape index (κ2) is 29.1. The molecule has 0 saturated carbocycles. The van der Waals surface area contributed by atoms with Crippen molar-refractivity contribution in [3.63, 3.8) is 0 Å². The van der Waals surface area contributed by atoms with Gasteiger partial charge in [0.25, 0.3) is 0 Å². The van der Waals surface area contributed by atoms with Crippen molar-refractivity contribution in [1.82, 2.24) is 0 Å². The van der Waals surface area contributed by atoms with Gasteiger partial charge in [-0.25, -0.2) is 4.39 Å². The van der Waals surface area contributed by atoms with Gasteiger partial charge in [-0.2, -0.15) is 0 Å². The Bertz CT molecular complexity index is 428. The van der Waals surface area contributed by atoms with Gasteiger partial charge in [-0.05, 0) is 25.9 Å². The van der Waals surface area contributed by atoms with E-state index in [4.69, 9.17) is 4.43 Å². The monoisotopic (exact) mass is 543 g/mol. The molecular formula is C34H71FOSi. The van der Waals surface area contributed by atoms with Gasteiger partial charge in [0.2, 0.25) is 8.32 Å². The van der Waals surface area contributed by atoms with E-state index in [-0.39, 0.29) is 0 Å². The Labute approximate surface area is 236 Å². The minimum atomic E-state index is -2.12. The molecule has 0 bridgehead atoms. The van der Waals surface area contributed by atoms with Crippen LogP contribution in [0, 0.1) is 0 Å². The largest absolute Gasteiger partial charge is 0.414 e. The predicted molar refractivity (Wildman–Crippen MR) is 169 cm³/mol. The molecule has 0 rings (SSSR count). The fourth-order valence-electron chi connectivity index (χ4n) is 5.44. The number of unbranched alkanes of at least 4 members (excludes halogenated alkanes) is 25. The zero-order valence-corrected chi connectivity index (χ0v) is 27.4. The average Bonchev–Trinajstić information content (AvgIpc) is 2.88. The Morgan fingerprint density at radius 1 is 0.432 bits per heavy atom. The van der Waals surface area contributed by atoms with Crippen molar-refractivity contribution in [2.75, 3.05) is 6.61 Å². The Hall–Kier alpha value is 0.107. The van der Waals surface area contributed by atoms with Crippen LogP contribution in [-0.2, 0) is 4.43 Å². The van der Waals surface area contributed by atoms with Gasteiger partial charge in [0.15, 0.2) is 0 Å². The van der Waals surface area contributed by atoms with E-state index >= 15 is 0 Å². The fraction of sp³-hybridized carbons (Fsp3) is 1.00. The van der Waals surface area contributed by atoms with Crippen LogP contribution in [0.5, 0.6) is 0 Å². The molecule has 0 aliphatic heterocycles. The van der Waals surface area contributed by atoms with Crippen LogP contribution in [0.25, 0.3) is 0 Å². The van der Waals surface area contributed by atoms with Gasteiger partial charge in [0.1, 0.15) is 5.79 Å². The highest BCUT2D eigenvalue weighted by molar-refractivity contribution is 6.72. The summed E-state index contributed by atoms with van der Waals surface area (Å²) < 4.78 is 20.1. The molecule has 0 aromatic carbocycles. The zero-order chi connectivity index (χ0) is 27.3. The summed E-state index contributed by atoms with van der Waals surface area (Å²) in [6.07, 6.45) is 38.6. The quantitative estimate of drug-likeness (QED) is 0.0625. The Balaban J connectivity index is 3.15. The van der Waals surface area contributed by atoms with E-state index in [0.717, 1.165) is 19.4 Å². The summed E-state index contributed by atoms with van der Waals surface area (Å²) >= 11 is 0. The van der Waals surface area contributed by atoms with E-state index in [9.17, 15) is 4.39 Å². The first-order valence-electron chi connectivity index (χ1n) is 17.3. The number of hydrogen-bond donors (Lipinski definition) is 0. The van der Waals surface area contributed by atoms with Crippen molar-refractivity contribution in [3.05, 3.63) is 0 Å². The van der Waals surface area contributed by atoms with Crippen LogP contribution in [-0.4, -0.2) is 20.7 Å². The van der Waals surface area contributed by atoms with E-state index in [1.165, 1.54) is 161 Å². The number of rotatable bonds is 31. The predicted octanol–water partition coefficient (Wildman–Crippen LogP) is 13.0. The summed E-state index contributed by atoms with van der Waals surface area (Å²) in [6, 6.07) is 0. The van der Waals surface area contributed by atoms with Crippen LogP contribution < -0.4 is 0 Å². The fourth-order valence-corrected chi connectivity index (χ4v) is 7.28. The average molecular weight is 543 g/mol. The zero-order valence-electron chi connectivity index (χ0n) is 26.4. The second-order valence-corrected chi connectivity index (χ2v) is 16.7. The van der Waals surface area contributed by atoms with Crippen molar-refractivity contribution in [2.45, 2.75) is 213 Å². The van der Waals surface area contributed by atoms with Gasteiger partial charge in [-0.1, -0.05) is 181 Å². The summed E-state index contributed by atoms with van der Waals surface area (Å²) in [7, 11) is -2.12. The van der Waals surface area contributed by atoms with Gasteiger partial charge < -0.3 is 4.43 Å². The van der Waals surface area contributed by atoms with Crippen LogP contribution in [0.2, 0.25) is 13.1 Å². The lowest BCUT2D eigenvalue weighted by Gasteiger charge is -2.26. The first kappa shape index (κ1) is 37.1. The highest BCUT2D eigenvalue weighted by Gasteiger charge is 2.33. The van der Waals surface area contributed by atoms with E-state index in [1.807, 2.05) is 13.1 Å².